The third kappa shape index (κ3) is 8.58. The number of nitrogens with one attached hydrogen (secondary N) is 3. The summed E-state index contributed by atoms with van der Waals surface area (Å²) in [4.78, 5) is 39.7. The van der Waals surface area contributed by atoms with Crippen LogP contribution in [0.2, 0.25) is 5.02 Å². The van der Waals surface area contributed by atoms with Crippen LogP contribution in [0.3, 0.4) is 0 Å². The molecule has 0 saturated heterocycles. The number of hydrogen-bond acceptors (Lipinski definition) is 4. The van der Waals surface area contributed by atoms with Gasteiger partial charge in [0.15, 0.2) is 0 Å². The van der Waals surface area contributed by atoms with E-state index in [2.05, 4.69) is 16.0 Å². The van der Waals surface area contributed by atoms with Gasteiger partial charge < -0.3 is 16.0 Å². The van der Waals surface area contributed by atoms with Crippen molar-refractivity contribution in [3.05, 3.63) is 130 Å². The molecule has 0 aliphatic carbocycles. The van der Waals surface area contributed by atoms with Crippen LogP contribution in [0.4, 0.5) is 11.4 Å². The molecule has 0 spiro atoms. The molecule has 41 heavy (non-hydrogen) atoms. The number of rotatable bonds is 9. The average molecular weight is 584 g/mol. The Hall–Kier alpha value is -4.33. The zero-order valence-electron chi connectivity index (χ0n) is 22.9. The molecule has 0 aromatic heterocycles. The minimum Gasteiger partial charge on any atom is -0.325 e. The lowest BCUT2D eigenvalue weighted by atomic mass is 10.1. The van der Waals surface area contributed by atoms with Gasteiger partial charge in [0.25, 0.3) is 11.8 Å². The molecule has 4 rings (SSSR count). The Kier molecular flexibility index (Phi) is 10.0. The number of halogens is 1. The van der Waals surface area contributed by atoms with E-state index in [1.807, 2.05) is 57.2 Å². The minimum atomic E-state index is -0.481. The molecule has 0 aliphatic heterocycles. The average Bonchev–Trinajstić information content (AvgIpc) is 2.97. The Bertz CT molecular complexity index is 1570. The molecule has 8 heteroatoms. The molecule has 6 nitrogen and oxygen atoms in total. The van der Waals surface area contributed by atoms with E-state index < -0.39 is 11.8 Å². The maximum absolute atomic E-state index is 13.2. The van der Waals surface area contributed by atoms with Crippen molar-refractivity contribution in [3.63, 3.8) is 0 Å². The number of carbonyl (C=O) groups excluding carboxylic acids is 3. The number of thioether (sulfide) groups is 1. The fraction of sp³-hybridized carbons (Fsp3) is 0.121. The number of benzene rings is 4. The molecular weight excluding hydrogens is 554 g/mol. The van der Waals surface area contributed by atoms with E-state index in [0.29, 0.717) is 21.8 Å². The summed E-state index contributed by atoms with van der Waals surface area (Å²) in [5.41, 5.74) is 4.81. The quantitative estimate of drug-likeness (QED) is 0.141. The van der Waals surface area contributed by atoms with Crippen molar-refractivity contribution in [3.8, 4) is 0 Å². The van der Waals surface area contributed by atoms with Crippen LogP contribution in [0.1, 0.15) is 34.0 Å². The first kappa shape index (κ1) is 29.6. The van der Waals surface area contributed by atoms with Gasteiger partial charge in [0.2, 0.25) is 5.91 Å². The Morgan fingerprint density at radius 3 is 2.10 bits per heavy atom. The normalized spacial score (nSPS) is 11.9. The standard InChI is InChI=1S/C33H30ClN3O3S/c1-21-9-14-28(19-22(21)2)36-31(38)23(3)41-29-17-15-27(16-18-29)35-33(40)30(20-24-10-12-26(34)13-11-24)37-32(39)25-7-5-4-6-8-25/h4-20,23H,1-3H3,(H,35,40)(H,36,38)(H,37,39)/b30-20-. The second kappa shape index (κ2) is 13.8. The van der Waals surface area contributed by atoms with E-state index in [9.17, 15) is 14.4 Å². The molecule has 0 heterocycles. The Morgan fingerprint density at radius 1 is 0.780 bits per heavy atom. The smallest absolute Gasteiger partial charge is 0.272 e. The third-order valence-corrected chi connectivity index (χ3v) is 7.64. The van der Waals surface area contributed by atoms with Crippen LogP contribution in [0, 0.1) is 13.8 Å². The lowest BCUT2D eigenvalue weighted by molar-refractivity contribution is -0.115. The molecule has 0 aliphatic rings. The van der Waals surface area contributed by atoms with Gasteiger partial charge in [-0.3, -0.25) is 14.4 Å². The van der Waals surface area contributed by atoms with Gasteiger partial charge >= 0.3 is 0 Å². The van der Waals surface area contributed by atoms with Crippen LogP contribution in [0.25, 0.3) is 6.08 Å². The minimum absolute atomic E-state index is 0.0799. The first-order valence-corrected chi connectivity index (χ1v) is 14.2. The highest BCUT2D eigenvalue weighted by Gasteiger charge is 2.17. The van der Waals surface area contributed by atoms with Gasteiger partial charge in [0.05, 0.1) is 5.25 Å². The molecule has 4 aromatic rings. The zero-order chi connectivity index (χ0) is 29.4. The summed E-state index contributed by atoms with van der Waals surface area (Å²) in [5.74, 6) is -0.978. The maximum atomic E-state index is 13.2. The highest BCUT2D eigenvalue weighted by atomic mass is 35.5. The molecule has 0 saturated carbocycles. The van der Waals surface area contributed by atoms with Crippen molar-refractivity contribution in [1.29, 1.82) is 0 Å². The molecular formula is C33H30ClN3O3S. The van der Waals surface area contributed by atoms with Crippen molar-refractivity contribution < 1.29 is 14.4 Å². The fourth-order valence-electron chi connectivity index (χ4n) is 3.80. The molecule has 0 fully saturated rings. The van der Waals surface area contributed by atoms with Gasteiger partial charge in [0, 0.05) is 26.9 Å². The van der Waals surface area contributed by atoms with Gasteiger partial charge in [-0.25, -0.2) is 0 Å². The fourth-order valence-corrected chi connectivity index (χ4v) is 4.80. The lowest BCUT2D eigenvalue weighted by Crippen LogP contribution is -2.30. The molecule has 3 N–H and O–H groups in total. The van der Waals surface area contributed by atoms with Gasteiger partial charge in [-0.1, -0.05) is 48.0 Å². The van der Waals surface area contributed by atoms with Crippen molar-refractivity contribution >= 4 is 58.5 Å². The van der Waals surface area contributed by atoms with E-state index in [-0.39, 0.29) is 16.9 Å². The van der Waals surface area contributed by atoms with E-state index in [4.69, 9.17) is 11.6 Å². The monoisotopic (exact) mass is 583 g/mol. The maximum Gasteiger partial charge on any atom is 0.272 e. The topological polar surface area (TPSA) is 87.3 Å². The molecule has 0 bridgehead atoms. The van der Waals surface area contributed by atoms with Crippen molar-refractivity contribution in [2.24, 2.45) is 0 Å². The third-order valence-electron chi connectivity index (χ3n) is 6.28. The largest absolute Gasteiger partial charge is 0.325 e. The number of hydrogen-bond donors (Lipinski definition) is 3. The Labute approximate surface area is 249 Å². The summed E-state index contributed by atoms with van der Waals surface area (Å²) in [7, 11) is 0. The van der Waals surface area contributed by atoms with Gasteiger partial charge in [-0.15, -0.1) is 11.8 Å². The Morgan fingerprint density at radius 2 is 1.44 bits per heavy atom. The lowest BCUT2D eigenvalue weighted by Gasteiger charge is -2.14. The molecule has 208 valence electrons. The van der Waals surface area contributed by atoms with Crippen LogP contribution >= 0.6 is 23.4 Å². The van der Waals surface area contributed by atoms with E-state index >= 15 is 0 Å². The summed E-state index contributed by atoms with van der Waals surface area (Å²) in [6.07, 6.45) is 1.59. The van der Waals surface area contributed by atoms with Gasteiger partial charge in [-0.05, 0) is 104 Å². The zero-order valence-corrected chi connectivity index (χ0v) is 24.5. The van der Waals surface area contributed by atoms with Crippen LogP contribution in [0.5, 0.6) is 0 Å². The van der Waals surface area contributed by atoms with Crippen LogP contribution in [-0.2, 0) is 9.59 Å². The summed E-state index contributed by atoms with van der Waals surface area (Å²) >= 11 is 7.41. The van der Waals surface area contributed by atoms with Crippen molar-refractivity contribution in [2.45, 2.75) is 30.9 Å². The van der Waals surface area contributed by atoms with Gasteiger partial charge in [0.1, 0.15) is 5.70 Å². The SMILES string of the molecule is Cc1ccc(NC(=O)C(C)Sc2ccc(NC(=O)/C(=C/c3ccc(Cl)cc3)NC(=O)c3ccccc3)cc2)cc1C. The molecule has 3 amide bonds. The van der Waals surface area contributed by atoms with Crippen LogP contribution in [-0.4, -0.2) is 23.0 Å². The predicted octanol–water partition coefficient (Wildman–Crippen LogP) is 7.49. The van der Waals surface area contributed by atoms with Crippen molar-refractivity contribution in [1.82, 2.24) is 5.32 Å². The summed E-state index contributed by atoms with van der Waals surface area (Å²) < 4.78 is 0. The van der Waals surface area contributed by atoms with E-state index in [1.165, 1.54) is 17.3 Å². The summed E-state index contributed by atoms with van der Waals surface area (Å²) in [6, 6.07) is 28.6. The second-order valence-corrected chi connectivity index (χ2v) is 11.3. The van der Waals surface area contributed by atoms with Crippen molar-refractivity contribution in [2.75, 3.05) is 10.6 Å². The van der Waals surface area contributed by atoms with Gasteiger partial charge in [-0.2, -0.15) is 0 Å². The first-order valence-electron chi connectivity index (χ1n) is 13.0. The number of aryl methyl sites for hydroxylation is 2. The molecule has 1 atom stereocenters. The van der Waals surface area contributed by atoms with E-state index in [0.717, 1.165) is 16.1 Å². The van der Waals surface area contributed by atoms with E-state index in [1.54, 1.807) is 66.7 Å². The predicted molar refractivity (Wildman–Crippen MR) is 168 cm³/mol. The molecule has 0 radical (unpaired) electrons. The number of anilines is 2. The molecule has 4 aromatic carbocycles. The Balaban J connectivity index is 1.42. The van der Waals surface area contributed by atoms with Crippen LogP contribution < -0.4 is 16.0 Å². The molecule has 1 unspecified atom stereocenters. The first-order chi connectivity index (χ1) is 19.7. The summed E-state index contributed by atoms with van der Waals surface area (Å²) in [5, 5.41) is 8.76. The second-order valence-electron chi connectivity index (χ2n) is 9.46. The summed E-state index contributed by atoms with van der Waals surface area (Å²) in [6.45, 7) is 5.89. The number of carbonyl (C=O) groups is 3. The highest BCUT2D eigenvalue weighted by molar-refractivity contribution is 8.00. The highest BCUT2D eigenvalue weighted by Crippen LogP contribution is 2.26. The number of amides is 3. The van der Waals surface area contributed by atoms with Crippen LogP contribution in [0.15, 0.2) is 108 Å².